The smallest absolute Gasteiger partial charge is 0.409 e. The third-order valence-electron chi connectivity index (χ3n) is 7.01. The number of esters is 2. The van der Waals surface area contributed by atoms with Gasteiger partial charge >= 0.3 is 18.0 Å². The molecule has 8 nitrogen and oxygen atoms in total. The van der Waals surface area contributed by atoms with Crippen LogP contribution in [0.15, 0.2) is 48.5 Å². The fourth-order valence-corrected chi connectivity index (χ4v) is 4.93. The van der Waals surface area contributed by atoms with E-state index in [1.54, 1.807) is 29.2 Å². The van der Waals surface area contributed by atoms with Gasteiger partial charge in [0.25, 0.3) is 0 Å². The van der Waals surface area contributed by atoms with Crippen molar-refractivity contribution in [3.05, 3.63) is 71.3 Å². The maximum absolute atomic E-state index is 13.1. The number of ether oxygens (including phenoxy) is 3. The van der Waals surface area contributed by atoms with E-state index in [0.29, 0.717) is 25.8 Å². The maximum Gasteiger partial charge on any atom is 0.409 e. The van der Waals surface area contributed by atoms with Crippen LogP contribution in [0.25, 0.3) is 0 Å². The number of hydrogen-bond acceptors (Lipinski definition) is 7. The van der Waals surface area contributed by atoms with Crippen LogP contribution in [-0.4, -0.2) is 57.4 Å². The number of carbonyl (C=O) groups excluding carboxylic acids is 3. The molecule has 1 N–H and O–H groups in total. The highest BCUT2D eigenvalue weighted by Gasteiger charge is 2.36. The molecule has 0 aliphatic carbocycles. The Morgan fingerprint density at radius 1 is 0.763 bits per heavy atom. The fourth-order valence-electron chi connectivity index (χ4n) is 4.93. The van der Waals surface area contributed by atoms with Crippen molar-refractivity contribution in [2.45, 2.75) is 37.8 Å². The summed E-state index contributed by atoms with van der Waals surface area (Å²) in [6.45, 7) is 1.18. The Balaban J connectivity index is 0.000000215. The van der Waals surface area contributed by atoms with Gasteiger partial charge in [-0.05, 0) is 67.6 Å². The van der Waals surface area contributed by atoms with Crippen molar-refractivity contribution in [1.82, 2.24) is 10.2 Å². The lowest BCUT2D eigenvalue weighted by molar-refractivity contribution is -0.148. The fraction of sp³-hybridized carbons (Fsp3) is 0.464. The monoisotopic (exact) mass is 532 g/mol. The number of likely N-dealkylation sites (tertiary alicyclic amines) is 1. The molecule has 10 heteroatoms. The topological polar surface area (TPSA) is 94.2 Å². The zero-order chi connectivity index (χ0) is 27.7. The van der Waals surface area contributed by atoms with Gasteiger partial charge in [0.2, 0.25) is 0 Å². The molecule has 1 amide bonds. The average Bonchev–Trinajstić information content (AvgIpc) is 2.96. The van der Waals surface area contributed by atoms with Crippen molar-refractivity contribution in [2.75, 3.05) is 34.4 Å². The molecule has 4 unspecified atom stereocenters. The average molecular weight is 533 g/mol. The number of hydrogen-bond donors (Lipinski definition) is 1. The molecule has 2 saturated heterocycles. The van der Waals surface area contributed by atoms with Gasteiger partial charge in [-0.1, -0.05) is 24.3 Å². The quantitative estimate of drug-likeness (QED) is 0.456. The molecule has 2 fully saturated rings. The van der Waals surface area contributed by atoms with Crippen LogP contribution in [0.5, 0.6) is 0 Å². The molecule has 2 aliphatic rings. The minimum atomic E-state index is -0.451. The predicted octanol–water partition coefficient (Wildman–Crippen LogP) is 4.56. The number of halogens is 2. The van der Waals surface area contributed by atoms with E-state index in [1.165, 1.54) is 45.6 Å². The van der Waals surface area contributed by atoms with Crippen molar-refractivity contribution < 1.29 is 37.4 Å². The zero-order valence-electron chi connectivity index (χ0n) is 21.8. The van der Waals surface area contributed by atoms with Gasteiger partial charge in [0, 0.05) is 12.6 Å². The number of methoxy groups -OCH3 is 3. The van der Waals surface area contributed by atoms with Crippen LogP contribution in [0.4, 0.5) is 13.6 Å². The number of benzene rings is 2. The molecule has 2 aliphatic heterocycles. The molecule has 0 saturated carbocycles. The first kappa shape index (κ1) is 29.0. The molecule has 0 bridgehead atoms. The number of carbonyl (C=O) groups is 3. The second-order valence-corrected chi connectivity index (χ2v) is 9.28. The Kier molecular flexibility index (Phi) is 10.6. The Labute approximate surface area is 221 Å². The summed E-state index contributed by atoms with van der Waals surface area (Å²) in [6.07, 6.45) is 2.02. The van der Waals surface area contributed by atoms with Crippen LogP contribution < -0.4 is 5.32 Å². The summed E-state index contributed by atoms with van der Waals surface area (Å²) in [4.78, 5) is 36.7. The van der Waals surface area contributed by atoms with Crippen LogP contribution >= 0.6 is 0 Å². The van der Waals surface area contributed by atoms with Crippen LogP contribution in [0.3, 0.4) is 0 Å². The third kappa shape index (κ3) is 7.50. The summed E-state index contributed by atoms with van der Waals surface area (Å²) in [6, 6.07) is 12.1. The number of piperidine rings is 2. The van der Waals surface area contributed by atoms with Gasteiger partial charge in [-0.25, -0.2) is 13.6 Å². The number of amides is 1. The lowest BCUT2D eigenvalue weighted by atomic mass is 9.87. The molecule has 2 aromatic rings. The first-order valence-corrected chi connectivity index (χ1v) is 12.5. The minimum Gasteiger partial charge on any atom is -0.469 e. The highest BCUT2D eigenvalue weighted by atomic mass is 19.1. The molecule has 4 atom stereocenters. The molecule has 0 spiro atoms. The molecule has 0 aromatic heterocycles. The predicted molar refractivity (Wildman–Crippen MR) is 135 cm³/mol. The summed E-state index contributed by atoms with van der Waals surface area (Å²) < 4.78 is 40.2. The first-order valence-electron chi connectivity index (χ1n) is 12.5. The van der Waals surface area contributed by atoms with E-state index in [4.69, 9.17) is 14.2 Å². The zero-order valence-corrected chi connectivity index (χ0v) is 21.8. The van der Waals surface area contributed by atoms with Crippen molar-refractivity contribution >= 4 is 18.0 Å². The van der Waals surface area contributed by atoms with Crippen molar-refractivity contribution in [3.63, 3.8) is 0 Å². The second-order valence-electron chi connectivity index (χ2n) is 9.28. The van der Waals surface area contributed by atoms with Gasteiger partial charge in [-0.2, -0.15) is 0 Å². The first-order chi connectivity index (χ1) is 18.3. The molecule has 2 aromatic carbocycles. The van der Waals surface area contributed by atoms with Crippen molar-refractivity contribution in [1.29, 1.82) is 0 Å². The maximum atomic E-state index is 13.1. The summed E-state index contributed by atoms with van der Waals surface area (Å²) in [5, 5.41) is 3.33. The largest absolute Gasteiger partial charge is 0.469 e. The lowest BCUT2D eigenvalue weighted by Gasteiger charge is -2.37. The van der Waals surface area contributed by atoms with Crippen molar-refractivity contribution in [3.8, 4) is 0 Å². The standard InChI is InChI=1S/C15H18FNO4.C13H16FNO2/c1-20-14(18)11-7-8-17(15(19)21-2)13(9-11)10-3-5-12(16)6-4-10;1-17-13(16)10-6-7-15-12(8-10)9-2-4-11(14)5-3-9/h3-6,11,13H,7-9H2,1-2H3;2-5,10,12,15H,6-8H2,1H3. The molecule has 4 rings (SSSR count). The van der Waals surface area contributed by atoms with Crippen LogP contribution in [-0.2, 0) is 23.8 Å². The number of nitrogens with zero attached hydrogens (tertiary/aromatic N) is 1. The second kappa shape index (κ2) is 13.9. The van der Waals surface area contributed by atoms with Gasteiger partial charge in [0.15, 0.2) is 0 Å². The molecule has 206 valence electrons. The summed E-state index contributed by atoms with van der Waals surface area (Å²) in [5.41, 5.74) is 1.79. The number of rotatable bonds is 4. The van der Waals surface area contributed by atoms with E-state index in [0.717, 1.165) is 24.1 Å². The van der Waals surface area contributed by atoms with Crippen LogP contribution in [0.1, 0.15) is 48.9 Å². The Hall–Kier alpha value is -3.53. The van der Waals surface area contributed by atoms with Gasteiger partial charge in [-0.15, -0.1) is 0 Å². The minimum absolute atomic E-state index is 0.0590. The summed E-state index contributed by atoms with van der Waals surface area (Å²) in [7, 11) is 4.08. The third-order valence-corrected chi connectivity index (χ3v) is 7.01. The van der Waals surface area contributed by atoms with Gasteiger partial charge < -0.3 is 24.4 Å². The summed E-state index contributed by atoms with van der Waals surface area (Å²) in [5.74, 6) is -1.36. The van der Waals surface area contributed by atoms with E-state index in [9.17, 15) is 23.2 Å². The van der Waals surface area contributed by atoms with E-state index in [-0.39, 0.29) is 47.5 Å². The van der Waals surface area contributed by atoms with Gasteiger partial charge in [-0.3, -0.25) is 9.59 Å². The Morgan fingerprint density at radius 2 is 1.29 bits per heavy atom. The molecular weight excluding hydrogens is 498 g/mol. The van der Waals surface area contributed by atoms with Crippen LogP contribution in [0.2, 0.25) is 0 Å². The van der Waals surface area contributed by atoms with Gasteiger partial charge in [0.05, 0.1) is 39.2 Å². The molecule has 2 heterocycles. The highest BCUT2D eigenvalue weighted by molar-refractivity contribution is 5.74. The van der Waals surface area contributed by atoms with E-state index >= 15 is 0 Å². The van der Waals surface area contributed by atoms with E-state index in [1.807, 2.05) is 0 Å². The SMILES string of the molecule is COC(=O)C1CCN(C(=O)OC)C(c2ccc(F)cc2)C1.COC(=O)C1CCNC(c2ccc(F)cc2)C1. The molecule has 0 radical (unpaired) electrons. The normalized spacial score (nSPS) is 22.9. The number of nitrogens with one attached hydrogen (secondary N) is 1. The molecular formula is C28H34F2N2O6. The Bertz CT molecular complexity index is 1080. The van der Waals surface area contributed by atoms with Crippen molar-refractivity contribution in [2.24, 2.45) is 11.8 Å². The highest BCUT2D eigenvalue weighted by Crippen LogP contribution is 2.35. The van der Waals surface area contributed by atoms with Gasteiger partial charge in [0.1, 0.15) is 11.6 Å². The van der Waals surface area contributed by atoms with E-state index < -0.39 is 6.09 Å². The Morgan fingerprint density at radius 3 is 1.82 bits per heavy atom. The van der Waals surface area contributed by atoms with E-state index in [2.05, 4.69) is 5.32 Å². The summed E-state index contributed by atoms with van der Waals surface area (Å²) >= 11 is 0. The van der Waals surface area contributed by atoms with Crippen LogP contribution in [0, 0.1) is 23.5 Å². The molecule has 38 heavy (non-hydrogen) atoms. The lowest BCUT2D eigenvalue weighted by Crippen LogP contribution is -2.42.